The maximum atomic E-state index is 5.25. The van der Waals surface area contributed by atoms with E-state index in [2.05, 4.69) is 20.4 Å². The van der Waals surface area contributed by atoms with E-state index in [0.717, 1.165) is 24.9 Å². The molecule has 1 N–H and O–H groups in total. The topological polar surface area (TPSA) is 63.8 Å². The molecule has 0 spiro atoms. The molecule has 0 amide bonds. The standard InChI is InChI=1S/C11H12N4O.ClH/c1-3-8(7-12-5-1)10-14-11(16-15-10)9-4-2-6-13-9;/h1,3,5,7,9,13H,2,4,6H2;1H. The fourth-order valence-electron chi connectivity index (χ4n) is 1.88. The molecule has 1 unspecified atom stereocenters. The average molecular weight is 253 g/mol. The second-order valence-corrected chi connectivity index (χ2v) is 3.85. The lowest BCUT2D eigenvalue weighted by Gasteiger charge is -2.01. The van der Waals surface area contributed by atoms with Crippen LogP contribution in [0.5, 0.6) is 0 Å². The summed E-state index contributed by atoms with van der Waals surface area (Å²) in [6.45, 7) is 1.02. The molecule has 17 heavy (non-hydrogen) atoms. The van der Waals surface area contributed by atoms with Crippen molar-refractivity contribution in [3.8, 4) is 11.4 Å². The van der Waals surface area contributed by atoms with Crippen molar-refractivity contribution < 1.29 is 4.52 Å². The maximum Gasteiger partial charge on any atom is 0.244 e. The Morgan fingerprint density at radius 1 is 1.41 bits per heavy atom. The predicted octanol–water partition coefficient (Wildman–Crippen LogP) is 1.98. The van der Waals surface area contributed by atoms with E-state index in [-0.39, 0.29) is 18.4 Å². The highest BCUT2D eigenvalue weighted by Crippen LogP contribution is 2.23. The molecule has 3 rings (SSSR count). The highest BCUT2D eigenvalue weighted by Gasteiger charge is 2.22. The number of nitrogens with zero attached hydrogens (tertiary/aromatic N) is 3. The summed E-state index contributed by atoms with van der Waals surface area (Å²) in [5.74, 6) is 1.29. The number of pyridine rings is 1. The van der Waals surface area contributed by atoms with Crippen molar-refractivity contribution in [2.45, 2.75) is 18.9 Å². The third-order valence-corrected chi connectivity index (χ3v) is 2.72. The van der Waals surface area contributed by atoms with E-state index < -0.39 is 0 Å². The van der Waals surface area contributed by atoms with Crippen LogP contribution >= 0.6 is 12.4 Å². The van der Waals surface area contributed by atoms with Crippen LogP contribution in [0, 0.1) is 0 Å². The van der Waals surface area contributed by atoms with E-state index in [1.165, 1.54) is 0 Å². The highest BCUT2D eigenvalue weighted by molar-refractivity contribution is 5.85. The minimum absolute atomic E-state index is 0. The van der Waals surface area contributed by atoms with Crippen LogP contribution in [-0.2, 0) is 0 Å². The molecule has 1 saturated heterocycles. The van der Waals surface area contributed by atoms with E-state index in [1.54, 1.807) is 12.4 Å². The van der Waals surface area contributed by atoms with Crippen molar-refractivity contribution >= 4 is 12.4 Å². The lowest BCUT2D eigenvalue weighted by atomic mass is 10.2. The quantitative estimate of drug-likeness (QED) is 0.885. The van der Waals surface area contributed by atoms with Crippen molar-refractivity contribution in [2.24, 2.45) is 0 Å². The van der Waals surface area contributed by atoms with Crippen LogP contribution in [0.3, 0.4) is 0 Å². The Morgan fingerprint density at radius 2 is 2.35 bits per heavy atom. The third kappa shape index (κ3) is 2.45. The number of aromatic nitrogens is 3. The van der Waals surface area contributed by atoms with Gasteiger partial charge in [-0.25, -0.2) is 0 Å². The smallest absolute Gasteiger partial charge is 0.244 e. The number of hydrogen-bond donors (Lipinski definition) is 1. The molecule has 5 nitrogen and oxygen atoms in total. The van der Waals surface area contributed by atoms with Gasteiger partial charge in [-0.15, -0.1) is 12.4 Å². The first-order valence-electron chi connectivity index (χ1n) is 5.41. The molecule has 0 aromatic carbocycles. The van der Waals surface area contributed by atoms with Gasteiger partial charge in [0.15, 0.2) is 0 Å². The van der Waals surface area contributed by atoms with Gasteiger partial charge in [-0.3, -0.25) is 4.98 Å². The van der Waals surface area contributed by atoms with Crippen molar-refractivity contribution in [3.63, 3.8) is 0 Å². The van der Waals surface area contributed by atoms with Crippen LogP contribution in [0.2, 0.25) is 0 Å². The van der Waals surface area contributed by atoms with Crippen LogP contribution in [0.15, 0.2) is 29.0 Å². The van der Waals surface area contributed by atoms with Crippen molar-refractivity contribution in [2.75, 3.05) is 6.54 Å². The first kappa shape index (κ1) is 12.0. The number of nitrogens with one attached hydrogen (secondary N) is 1. The summed E-state index contributed by atoms with van der Waals surface area (Å²) in [5.41, 5.74) is 0.885. The Kier molecular flexibility index (Phi) is 3.71. The van der Waals surface area contributed by atoms with Gasteiger partial charge in [-0.05, 0) is 31.5 Å². The van der Waals surface area contributed by atoms with E-state index >= 15 is 0 Å². The van der Waals surface area contributed by atoms with Crippen LogP contribution in [0.25, 0.3) is 11.4 Å². The molecule has 3 heterocycles. The second-order valence-electron chi connectivity index (χ2n) is 3.85. The van der Waals surface area contributed by atoms with Crippen LogP contribution < -0.4 is 5.32 Å². The van der Waals surface area contributed by atoms with E-state index in [0.29, 0.717) is 11.7 Å². The van der Waals surface area contributed by atoms with Crippen molar-refractivity contribution in [1.29, 1.82) is 0 Å². The first-order chi connectivity index (χ1) is 7.93. The summed E-state index contributed by atoms with van der Waals surface area (Å²) in [4.78, 5) is 8.41. The Labute approximate surface area is 105 Å². The summed E-state index contributed by atoms with van der Waals surface area (Å²) in [6.07, 6.45) is 5.68. The summed E-state index contributed by atoms with van der Waals surface area (Å²) in [5, 5.41) is 7.29. The molecule has 0 bridgehead atoms. The van der Waals surface area contributed by atoms with Crippen molar-refractivity contribution in [3.05, 3.63) is 30.4 Å². The molecular weight excluding hydrogens is 240 g/mol. The summed E-state index contributed by atoms with van der Waals surface area (Å²) in [6, 6.07) is 4.00. The summed E-state index contributed by atoms with van der Waals surface area (Å²) >= 11 is 0. The van der Waals surface area contributed by atoms with E-state index in [9.17, 15) is 0 Å². The van der Waals surface area contributed by atoms with Crippen LogP contribution in [-0.4, -0.2) is 21.7 Å². The molecule has 1 aliphatic heterocycles. The van der Waals surface area contributed by atoms with Gasteiger partial charge in [0.05, 0.1) is 6.04 Å². The van der Waals surface area contributed by atoms with Gasteiger partial charge in [-0.2, -0.15) is 4.98 Å². The Balaban J connectivity index is 0.00000108. The normalized spacial score (nSPS) is 18.9. The fraction of sp³-hybridized carbons (Fsp3) is 0.364. The summed E-state index contributed by atoms with van der Waals surface area (Å²) in [7, 11) is 0. The number of rotatable bonds is 2. The van der Waals surface area contributed by atoms with Crippen LogP contribution in [0.4, 0.5) is 0 Å². The van der Waals surface area contributed by atoms with Crippen LogP contribution in [0.1, 0.15) is 24.8 Å². The van der Waals surface area contributed by atoms with Gasteiger partial charge in [-0.1, -0.05) is 5.16 Å². The number of hydrogen-bond acceptors (Lipinski definition) is 5. The average Bonchev–Trinajstić information content (AvgIpc) is 3.01. The predicted molar refractivity (Wildman–Crippen MR) is 64.8 cm³/mol. The van der Waals surface area contributed by atoms with Gasteiger partial charge in [0.2, 0.25) is 11.7 Å². The molecule has 1 aliphatic rings. The fourth-order valence-corrected chi connectivity index (χ4v) is 1.88. The molecule has 0 saturated carbocycles. The SMILES string of the molecule is Cl.c1cncc(-c2noc(C3CCCN3)n2)c1. The van der Waals surface area contributed by atoms with E-state index in [1.807, 2.05) is 12.1 Å². The molecule has 0 aliphatic carbocycles. The molecule has 90 valence electrons. The lowest BCUT2D eigenvalue weighted by Crippen LogP contribution is -2.12. The van der Waals surface area contributed by atoms with Gasteiger partial charge in [0.1, 0.15) is 0 Å². The molecule has 0 radical (unpaired) electrons. The molecule has 2 aromatic heterocycles. The molecule has 1 fully saturated rings. The molecule has 2 aromatic rings. The van der Waals surface area contributed by atoms with Crippen molar-refractivity contribution in [1.82, 2.24) is 20.4 Å². The van der Waals surface area contributed by atoms with Gasteiger partial charge in [0, 0.05) is 18.0 Å². The molecule has 6 heteroatoms. The number of halogens is 1. The Morgan fingerprint density at radius 3 is 3.06 bits per heavy atom. The molecular formula is C11H13ClN4O. The van der Waals surface area contributed by atoms with Gasteiger partial charge in [0.25, 0.3) is 0 Å². The Bertz CT molecular complexity index is 467. The third-order valence-electron chi connectivity index (χ3n) is 2.72. The Hall–Kier alpha value is -1.46. The monoisotopic (exact) mass is 252 g/mol. The zero-order valence-electron chi connectivity index (χ0n) is 9.17. The lowest BCUT2D eigenvalue weighted by molar-refractivity contribution is 0.345. The van der Waals surface area contributed by atoms with Gasteiger partial charge < -0.3 is 9.84 Å². The largest absolute Gasteiger partial charge is 0.337 e. The second kappa shape index (κ2) is 5.25. The zero-order valence-corrected chi connectivity index (χ0v) is 9.98. The molecule has 1 atom stereocenters. The minimum Gasteiger partial charge on any atom is -0.337 e. The highest BCUT2D eigenvalue weighted by atomic mass is 35.5. The maximum absolute atomic E-state index is 5.25. The zero-order chi connectivity index (χ0) is 10.8. The van der Waals surface area contributed by atoms with E-state index in [4.69, 9.17) is 4.52 Å². The first-order valence-corrected chi connectivity index (χ1v) is 5.41. The summed E-state index contributed by atoms with van der Waals surface area (Å²) < 4.78 is 5.25. The van der Waals surface area contributed by atoms with Gasteiger partial charge >= 0.3 is 0 Å². The minimum atomic E-state index is 0.